The predicted molar refractivity (Wildman–Crippen MR) is 111 cm³/mol. The molecular weight excluding hydrogens is 366 g/mol. The van der Waals surface area contributed by atoms with Crippen LogP contribution in [0.25, 0.3) is 0 Å². The molecule has 1 atom stereocenters. The number of phenols is 1. The number of pyridine rings is 1. The zero-order valence-electron chi connectivity index (χ0n) is 16.7. The number of hydrogen-bond donors (Lipinski definition) is 1. The summed E-state index contributed by atoms with van der Waals surface area (Å²) < 4.78 is 1.91. The number of unbranched alkanes of at least 4 members (excludes halogenated alkanes) is 1. The monoisotopic (exact) mass is 393 g/mol. The Kier molecular flexibility index (Phi) is 6.00. The summed E-state index contributed by atoms with van der Waals surface area (Å²) in [5, 5.41) is 22.6. The van der Waals surface area contributed by atoms with Crippen molar-refractivity contribution in [3.8, 4) is 5.75 Å². The summed E-state index contributed by atoms with van der Waals surface area (Å²) >= 11 is 0. The van der Waals surface area contributed by atoms with Gasteiger partial charge in [-0.2, -0.15) is 0 Å². The van der Waals surface area contributed by atoms with Crippen molar-refractivity contribution < 1.29 is 5.11 Å². The van der Waals surface area contributed by atoms with Crippen molar-refractivity contribution in [2.45, 2.75) is 32.4 Å². The van der Waals surface area contributed by atoms with Gasteiger partial charge in [0.1, 0.15) is 5.75 Å². The molecule has 1 aliphatic heterocycles. The molecule has 0 aliphatic carbocycles. The van der Waals surface area contributed by atoms with Crippen molar-refractivity contribution in [3.63, 3.8) is 0 Å². The van der Waals surface area contributed by atoms with E-state index in [1.54, 1.807) is 6.07 Å². The number of aryl methyl sites for hydroxylation is 1. The number of aromatic hydroxyl groups is 1. The Labute approximate surface area is 170 Å². The van der Waals surface area contributed by atoms with E-state index >= 15 is 0 Å². The number of hydrogen-bond acceptors (Lipinski definition) is 7. The second-order valence-electron chi connectivity index (χ2n) is 7.34. The minimum atomic E-state index is -0.0893. The molecule has 3 heterocycles. The summed E-state index contributed by atoms with van der Waals surface area (Å²) in [7, 11) is 0. The second kappa shape index (κ2) is 9.00. The van der Waals surface area contributed by atoms with Crippen LogP contribution in [-0.4, -0.2) is 61.4 Å². The van der Waals surface area contributed by atoms with Gasteiger partial charge in [-0.05, 0) is 46.7 Å². The highest BCUT2D eigenvalue weighted by Crippen LogP contribution is 2.30. The normalized spacial score (nSPS) is 16.1. The lowest BCUT2D eigenvalue weighted by molar-refractivity contribution is 0.200. The first-order valence-electron chi connectivity index (χ1n) is 10.2. The minimum absolute atomic E-state index is 0.0893. The molecule has 0 amide bonds. The average molecular weight is 393 g/mol. The number of benzene rings is 1. The van der Waals surface area contributed by atoms with E-state index in [-0.39, 0.29) is 11.8 Å². The number of rotatable bonds is 7. The highest BCUT2D eigenvalue weighted by atomic mass is 16.3. The van der Waals surface area contributed by atoms with E-state index in [2.05, 4.69) is 37.2 Å². The summed E-state index contributed by atoms with van der Waals surface area (Å²) in [6, 6.07) is 11.4. The van der Waals surface area contributed by atoms with Gasteiger partial charge < -0.3 is 10.0 Å². The molecular formula is C21H27N7O. The number of piperazine rings is 1. The molecule has 1 fully saturated rings. The van der Waals surface area contributed by atoms with Crippen LogP contribution < -0.4 is 4.90 Å². The zero-order chi connectivity index (χ0) is 20.1. The smallest absolute Gasteiger partial charge is 0.173 e. The summed E-state index contributed by atoms with van der Waals surface area (Å²) in [6.07, 6.45) is 5.78. The minimum Gasteiger partial charge on any atom is -0.508 e. The topological polar surface area (TPSA) is 83.2 Å². The van der Waals surface area contributed by atoms with Crippen molar-refractivity contribution in [3.05, 3.63) is 60.2 Å². The first kappa shape index (κ1) is 19.3. The van der Waals surface area contributed by atoms with E-state index < -0.39 is 0 Å². The second-order valence-corrected chi connectivity index (χ2v) is 7.34. The molecule has 2 aromatic heterocycles. The van der Waals surface area contributed by atoms with Crippen LogP contribution in [0.5, 0.6) is 5.75 Å². The van der Waals surface area contributed by atoms with Gasteiger partial charge >= 0.3 is 0 Å². The summed E-state index contributed by atoms with van der Waals surface area (Å²) in [6.45, 7) is 6.54. The molecule has 8 heteroatoms. The number of phenolic OH excluding ortho intramolecular Hbond substituents is 1. The third kappa shape index (κ3) is 4.37. The molecule has 3 aromatic rings. The molecule has 0 saturated carbocycles. The lowest BCUT2D eigenvalue weighted by Crippen LogP contribution is -2.48. The molecule has 152 valence electrons. The van der Waals surface area contributed by atoms with E-state index in [0.717, 1.165) is 57.0 Å². The fourth-order valence-corrected chi connectivity index (χ4v) is 3.89. The molecule has 29 heavy (non-hydrogen) atoms. The predicted octanol–water partition coefficient (Wildman–Crippen LogP) is 2.49. The van der Waals surface area contributed by atoms with Gasteiger partial charge in [-0.1, -0.05) is 25.5 Å². The lowest BCUT2D eigenvalue weighted by Gasteiger charge is -2.39. The van der Waals surface area contributed by atoms with Gasteiger partial charge in [-0.3, -0.25) is 9.88 Å². The summed E-state index contributed by atoms with van der Waals surface area (Å²) in [5.41, 5.74) is 2.20. The van der Waals surface area contributed by atoms with Crippen LogP contribution in [0.4, 0.5) is 5.69 Å². The van der Waals surface area contributed by atoms with Crippen LogP contribution >= 0.6 is 0 Å². The highest BCUT2D eigenvalue weighted by Gasteiger charge is 2.30. The van der Waals surface area contributed by atoms with E-state index in [9.17, 15) is 5.11 Å². The van der Waals surface area contributed by atoms with Crippen LogP contribution in [0.3, 0.4) is 0 Å². The van der Waals surface area contributed by atoms with Gasteiger partial charge in [0.05, 0.1) is 6.04 Å². The maximum atomic E-state index is 10.1. The van der Waals surface area contributed by atoms with Crippen molar-refractivity contribution in [2.75, 3.05) is 31.1 Å². The Morgan fingerprint density at radius 2 is 1.86 bits per heavy atom. The fraction of sp³-hybridized carbons (Fsp3) is 0.429. The molecule has 0 spiro atoms. The number of aromatic nitrogens is 5. The van der Waals surface area contributed by atoms with Crippen molar-refractivity contribution >= 4 is 5.69 Å². The average Bonchev–Trinajstić information content (AvgIpc) is 3.22. The number of nitrogens with zero attached hydrogens (tertiary/aromatic N) is 7. The molecule has 4 rings (SSSR count). The van der Waals surface area contributed by atoms with Gasteiger partial charge in [-0.15, -0.1) is 5.10 Å². The molecule has 1 unspecified atom stereocenters. The Morgan fingerprint density at radius 3 is 2.59 bits per heavy atom. The van der Waals surface area contributed by atoms with Crippen LogP contribution in [0.2, 0.25) is 0 Å². The van der Waals surface area contributed by atoms with Crippen molar-refractivity contribution in [1.29, 1.82) is 0 Å². The molecule has 1 aliphatic rings. The van der Waals surface area contributed by atoms with E-state index in [4.69, 9.17) is 0 Å². The Morgan fingerprint density at radius 1 is 1.07 bits per heavy atom. The van der Waals surface area contributed by atoms with Crippen LogP contribution in [0.15, 0.2) is 48.8 Å². The first-order valence-corrected chi connectivity index (χ1v) is 10.2. The molecule has 0 bridgehead atoms. The van der Waals surface area contributed by atoms with Gasteiger partial charge in [0.25, 0.3) is 0 Å². The Balaban J connectivity index is 1.59. The zero-order valence-corrected chi connectivity index (χ0v) is 16.7. The fourth-order valence-electron chi connectivity index (χ4n) is 3.89. The SMILES string of the molecule is CCCCn1nnnc1C(c1cccc(O)c1)N1CCN(c2ccncc2)CC1. The molecule has 1 aromatic carbocycles. The van der Waals surface area contributed by atoms with Crippen LogP contribution in [-0.2, 0) is 6.54 Å². The summed E-state index contributed by atoms with van der Waals surface area (Å²) in [4.78, 5) is 8.89. The summed E-state index contributed by atoms with van der Waals surface area (Å²) in [5.74, 6) is 1.09. The van der Waals surface area contributed by atoms with Gasteiger partial charge in [-0.25, -0.2) is 4.68 Å². The van der Waals surface area contributed by atoms with Crippen molar-refractivity contribution in [2.24, 2.45) is 0 Å². The third-order valence-corrected chi connectivity index (χ3v) is 5.42. The van der Waals surface area contributed by atoms with Crippen molar-refractivity contribution in [1.82, 2.24) is 30.1 Å². The lowest BCUT2D eigenvalue weighted by atomic mass is 10.0. The van der Waals surface area contributed by atoms with E-state index in [0.29, 0.717) is 0 Å². The first-order chi connectivity index (χ1) is 14.3. The maximum absolute atomic E-state index is 10.1. The van der Waals surface area contributed by atoms with Crippen LogP contribution in [0.1, 0.15) is 37.2 Å². The van der Waals surface area contributed by atoms with E-state index in [1.807, 2.05) is 47.4 Å². The highest BCUT2D eigenvalue weighted by molar-refractivity contribution is 5.45. The number of tetrazole rings is 1. The van der Waals surface area contributed by atoms with Gasteiger partial charge in [0.2, 0.25) is 0 Å². The van der Waals surface area contributed by atoms with Crippen LogP contribution in [0, 0.1) is 0 Å². The van der Waals surface area contributed by atoms with Gasteiger partial charge in [0, 0.05) is 50.8 Å². The third-order valence-electron chi connectivity index (χ3n) is 5.42. The maximum Gasteiger partial charge on any atom is 0.173 e. The number of anilines is 1. The quantitative estimate of drug-likeness (QED) is 0.660. The van der Waals surface area contributed by atoms with E-state index in [1.165, 1.54) is 5.69 Å². The molecule has 8 nitrogen and oxygen atoms in total. The Bertz CT molecular complexity index is 906. The van der Waals surface area contributed by atoms with Gasteiger partial charge in [0.15, 0.2) is 5.82 Å². The molecule has 1 saturated heterocycles. The molecule has 1 N–H and O–H groups in total. The standard InChI is InChI=1S/C21H27N7O/c1-2-3-11-28-21(23-24-25-28)20(17-5-4-6-19(29)16-17)27-14-12-26(13-15-27)18-7-9-22-10-8-18/h4-10,16,20,29H,2-3,11-15H2,1H3. The molecule has 0 radical (unpaired) electrons. The largest absolute Gasteiger partial charge is 0.508 e. The Hall–Kier alpha value is -3.00.